The van der Waals surface area contributed by atoms with Crippen molar-refractivity contribution in [2.45, 2.75) is 44.7 Å². The highest BCUT2D eigenvalue weighted by Crippen LogP contribution is 2.32. The van der Waals surface area contributed by atoms with E-state index < -0.39 is 12.0 Å². The topological polar surface area (TPSA) is 62.7 Å². The lowest BCUT2D eigenvalue weighted by Gasteiger charge is -2.39. The van der Waals surface area contributed by atoms with Gasteiger partial charge in [-0.25, -0.2) is 0 Å². The smallest absolute Gasteiger partial charge is 0.320 e. The van der Waals surface area contributed by atoms with Gasteiger partial charge in [-0.05, 0) is 56.1 Å². The van der Waals surface area contributed by atoms with E-state index in [1.807, 2.05) is 43.3 Å². The van der Waals surface area contributed by atoms with E-state index in [0.717, 1.165) is 36.4 Å². The van der Waals surface area contributed by atoms with E-state index in [0.29, 0.717) is 19.4 Å². The average Bonchev–Trinajstić information content (AvgIpc) is 2.67. The number of carboxylic acid groups (broad SMARTS) is 1. The first-order valence-corrected chi connectivity index (χ1v) is 9.30. The van der Waals surface area contributed by atoms with Crippen LogP contribution < -0.4 is 4.74 Å². The minimum Gasteiger partial charge on any atom is -0.494 e. The molecule has 0 spiro atoms. The number of hydrogen-bond acceptors (Lipinski definition) is 4. The van der Waals surface area contributed by atoms with Gasteiger partial charge < -0.3 is 9.84 Å². The monoisotopic (exact) mass is 354 g/mol. The maximum absolute atomic E-state index is 11.8. The number of hydrogen-bond donors (Lipinski definition) is 1. The highest BCUT2D eigenvalue weighted by molar-refractivity contribution is 5.73. The van der Waals surface area contributed by atoms with Gasteiger partial charge in [0.15, 0.2) is 0 Å². The van der Waals surface area contributed by atoms with Crippen LogP contribution in [0.1, 0.15) is 43.5 Å². The van der Waals surface area contributed by atoms with E-state index in [1.54, 1.807) is 6.20 Å². The normalized spacial score (nSPS) is 19.0. The fourth-order valence-corrected chi connectivity index (χ4v) is 3.71. The van der Waals surface area contributed by atoms with Crippen molar-refractivity contribution in [2.75, 3.05) is 13.2 Å². The molecule has 0 radical (unpaired) electrons. The Hall–Kier alpha value is -2.40. The molecule has 1 aromatic carbocycles. The molecule has 1 fully saturated rings. The number of ether oxygens (including phenoxy) is 1. The molecule has 0 saturated carbocycles. The van der Waals surface area contributed by atoms with Gasteiger partial charge in [0.05, 0.1) is 6.61 Å². The Morgan fingerprint density at radius 2 is 2.19 bits per heavy atom. The van der Waals surface area contributed by atoms with Crippen molar-refractivity contribution in [1.29, 1.82) is 0 Å². The van der Waals surface area contributed by atoms with Crippen molar-refractivity contribution in [3.63, 3.8) is 0 Å². The van der Waals surface area contributed by atoms with Crippen LogP contribution in [0.4, 0.5) is 0 Å². The number of carboxylic acids is 1. The molecule has 138 valence electrons. The second-order valence-electron chi connectivity index (χ2n) is 6.63. The second-order valence-corrected chi connectivity index (χ2v) is 6.63. The minimum absolute atomic E-state index is 0.0355. The summed E-state index contributed by atoms with van der Waals surface area (Å²) in [5, 5.41) is 9.73. The molecule has 1 aliphatic heterocycles. The Morgan fingerprint density at radius 1 is 1.31 bits per heavy atom. The van der Waals surface area contributed by atoms with Gasteiger partial charge in [0.25, 0.3) is 0 Å². The molecule has 0 aliphatic carbocycles. The van der Waals surface area contributed by atoms with Crippen molar-refractivity contribution >= 4 is 5.97 Å². The van der Waals surface area contributed by atoms with Gasteiger partial charge in [0.1, 0.15) is 11.8 Å². The average molecular weight is 354 g/mol. The number of carbonyl (C=O) groups is 1. The zero-order chi connectivity index (χ0) is 18.4. The summed E-state index contributed by atoms with van der Waals surface area (Å²) in [6.07, 6.45) is 5.14. The summed E-state index contributed by atoms with van der Waals surface area (Å²) in [5.41, 5.74) is 2.05. The third kappa shape index (κ3) is 4.41. The molecule has 0 bridgehead atoms. The van der Waals surface area contributed by atoms with Gasteiger partial charge in [0.2, 0.25) is 0 Å². The maximum atomic E-state index is 11.8. The summed E-state index contributed by atoms with van der Waals surface area (Å²) in [6, 6.07) is 13.4. The maximum Gasteiger partial charge on any atom is 0.320 e. The van der Waals surface area contributed by atoms with Gasteiger partial charge in [0, 0.05) is 24.4 Å². The van der Waals surface area contributed by atoms with Crippen LogP contribution in [0.3, 0.4) is 0 Å². The molecule has 1 aromatic heterocycles. The summed E-state index contributed by atoms with van der Waals surface area (Å²) in [6.45, 7) is 3.35. The molecular weight excluding hydrogens is 328 g/mol. The highest BCUT2D eigenvalue weighted by Gasteiger charge is 2.34. The number of aromatic nitrogens is 1. The molecule has 5 heteroatoms. The summed E-state index contributed by atoms with van der Waals surface area (Å²) in [4.78, 5) is 18.4. The molecule has 3 rings (SSSR count). The van der Waals surface area contributed by atoms with E-state index in [1.165, 1.54) is 0 Å². The van der Waals surface area contributed by atoms with Gasteiger partial charge >= 0.3 is 5.97 Å². The molecule has 1 saturated heterocycles. The zero-order valence-electron chi connectivity index (χ0n) is 15.2. The van der Waals surface area contributed by atoms with E-state index in [4.69, 9.17) is 4.74 Å². The van der Waals surface area contributed by atoms with Gasteiger partial charge in [-0.2, -0.15) is 0 Å². The number of aliphatic carboxylic acids is 1. The Kier molecular flexibility index (Phi) is 6.23. The third-order valence-corrected chi connectivity index (χ3v) is 4.91. The van der Waals surface area contributed by atoms with Crippen molar-refractivity contribution in [3.05, 3.63) is 59.9 Å². The number of rotatable bonds is 7. The minimum atomic E-state index is -0.739. The number of pyridine rings is 1. The summed E-state index contributed by atoms with van der Waals surface area (Å²) in [5.74, 6) is 0.0802. The lowest BCUT2D eigenvalue weighted by molar-refractivity contribution is -0.146. The zero-order valence-corrected chi connectivity index (χ0v) is 15.2. The first kappa shape index (κ1) is 18.4. The van der Waals surface area contributed by atoms with Crippen LogP contribution in [0.25, 0.3) is 0 Å². The molecule has 5 nitrogen and oxygen atoms in total. The van der Waals surface area contributed by atoms with Gasteiger partial charge in [-0.15, -0.1) is 0 Å². The highest BCUT2D eigenvalue weighted by atomic mass is 16.5. The molecule has 2 unspecified atom stereocenters. The van der Waals surface area contributed by atoms with Crippen LogP contribution in [-0.2, 0) is 11.2 Å². The van der Waals surface area contributed by atoms with Crippen LogP contribution in [0.5, 0.6) is 5.75 Å². The Balaban J connectivity index is 1.95. The Bertz CT molecular complexity index is 720. The molecule has 1 N–H and O–H groups in total. The second kappa shape index (κ2) is 8.81. The molecule has 2 atom stereocenters. The van der Waals surface area contributed by atoms with E-state index in [9.17, 15) is 9.90 Å². The van der Waals surface area contributed by atoms with E-state index in [2.05, 4.69) is 16.0 Å². The SMILES string of the molecule is CCOc1cccc(C(Cc2ccccn2)N2CCCCC2C(=O)O)c1. The molecule has 2 aromatic rings. The largest absolute Gasteiger partial charge is 0.494 e. The van der Waals surface area contributed by atoms with E-state index >= 15 is 0 Å². The Labute approximate surface area is 154 Å². The number of nitrogens with zero attached hydrogens (tertiary/aromatic N) is 2. The van der Waals surface area contributed by atoms with Crippen LogP contribution in [-0.4, -0.2) is 40.2 Å². The predicted molar refractivity (Wildman–Crippen MR) is 100 cm³/mol. The number of benzene rings is 1. The van der Waals surface area contributed by atoms with E-state index in [-0.39, 0.29) is 6.04 Å². The van der Waals surface area contributed by atoms with Crippen LogP contribution in [0, 0.1) is 0 Å². The quantitative estimate of drug-likeness (QED) is 0.821. The lowest BCUT2D eigenvalue weighted by atomic mass is 9.93. The van der Waals surface area contributed by atoms with Crippen LogP contribution in [0.2, 0.25) is 0 Å². The molecule has 0 amide bonds. The van der Waals surface area contributed by atoms with Crippen LogP contribution >= 0.6 is 0 Å². The van der Waals surface area contributed by atoms with Crippen molar-refractivity contribution in [3.8, 4) is 5.75 Å². The Morgan fingerprint density at radius 3 is 2.92 bits per heavy atom. The summed E-state index contributed by atoms with van der Waals surface area (Å²) >= 11 is 0. The predicted octanol–water partition coefficient (Wildman–Crippen LogP) is 3.70. The lowest BCUT2D eigenvalue weighted by Crippen LogP contribution is -2.47. The third-order valence-electron chi connectivity index (χ3n) is 4.91. The van der Waals surface area contributed by atoms with Crippen molar-refractivity contribution < 1.29 is 14.6 Å². The molecule has 26 heavy (non-hydrogen) atoms. The van der Waals surface area contributed by atoms with Gasteiger partial charge in [-0.3, -0.25) is 14.7 Å². The van der Waals surface area contributed by atoms with Crippen LogP contribution in [0.15, 0.2) is 48.7 Å². The molecular formula is C21H26N2O3. The summed E-state index contributed by atoms with van der Waals surface area (Å²) < 4.78 is 5.66. The van der Waals surface area contributed by atoms with Crippen molar-refractivity contribution in [2.24, 2.45) is 0 Å². The number of likely N-dealkylation sites (tertiary alicyclic amines) is 1. The summed E-state index contributed by atoms with van der Waals surface area (Å²) in [7, 11) is 0. The molecule has 1 aliphatic rings. The first-order chi connectivity index (χ1) is 12.7. The standard InChI is InChI=1S/C21H26N2O3/c1-2-26-18-10-7-8-16(14-18)20(15-17-9-3-5-12-22-17)23-13-6-4-11-19(23)21(24)25/h3,5,7-10,12,14,19-20H,2,4,6,11,13,15H2,1H3,(H,24,25). The fraction of sp³-hybridized carbons (Fsp3) is 0.429. The van der Waals surface area contributed by atoms with Crippen molar-refractivity contribution in [1.82, 2.24) is 9.88 Å². The van der Waals surface area contributed by atoms with Gasteiger partial charge in [-0.1, -0.05) is 24.6 Å². The first-order valence-electron chi connectivity index (χ1n) is 9.30. The molecule has 2 heterocycles. The number of piperidine rings is 1. The fourth-order valence-electron chi connectivity index (χ4n) is 3.71.